The fourth-order valence-corrected chi connectivity index (χ4v) is 4.25. The molecular formula is C29H35N3O5. The molecule has 1 N–H and O–H groups in total. The monoisotopic (exact) mass is 505 g/mol. The number of furan rings is 1. The third kappa shape index (κ3) is 6.64. The maximum absolute atomic E-state index is 13.7. The third-order valence-electron chi connectivity index (χ3n) is 6.35. The van der Waals surface area contributed by atoms with Crippen molar-refractivity contribution in [3.63, 3.8) is 0 Å². The first kappa shape index (κ1) is 26.1. The molecular weight excluding hydrogens is 470 g/mol. The maximum Gasteiger partial charge on any atom is 0.322 e. The Morgan fingerprint density at radius 1 is 0.946 bits per heavy atom. The van der Waals surface area contributed by atoms with Gasteiger partial charge in [-0.25, -0.2) is 4.79 Å². The molecule has 1 aliphatic rings. The van der Waals surface area contributed by atoms with E-state index in [1.807, 2.05) is 83.1 Å². The van der Waals surface area contributed by atoms with Gasteiger partial charge in [0, 0.05) is 18.8 Å². The van der Waals surface area contributed by atoms with Crippen molar-refractivity contribution in [2.45, 2.75) is 47.7 Å². The van der Waals surface area contributed by atoms with Gasteiger partial charge in [-0.15, -0.1) is 0 Å². The molecule has 0 aliphatic carbocycles. The van der Waals surface area contributed by atoms with Gasteiger partial charge < -0.3 is 29.0 Å². The number of hydrogen-bond donors (Lipinski definition) is 1. The van der Waals surface area contributed by atoms with Crippen molar-refractivity contribution in [3.8, 4) is 11.5 Å². The highest BCUT2D eigenvalue weighted by atomic mass is 16.7. The molecule has 196 valence electrons. The zero-order chi connectivity index (χ0) is 26.5. The SMILES string of the molecule is Cc1ccc(CN(Cc2ccc3c(c2)OCO3)C(=O)CN(CC(C)C)C(=O)Nc2cccc(C)c2C)o1. The number of carbonyl (C=O) groups excluding carboxylic acids is 2. The second-order valence-corrected chi connectivity index (χ2v) is 9.90. The molecule has 1 aliphatic heterocycles. The van der Waals surface area contributed by atoms with Crippen molar-refractivity contribution in [1.29, 1.82) is 0 Å². The topological polar surface area (TPSA) is 84.2 Å². The minimum atomic E-state index is -0.298. The van der Waals surface area contributed by atoms with E-state index >= 15 is 0 Å². The van der Waals surface area contributed by atoms with Crippen LogP contribution in [0.25, 0.3) is 0 Å². The Hall–Kier alpha value is -3.94. The molecule has 4 rings (SSSR count). The van der Waals surface area contributed by atoms with Gasteiger partial charge in [-0.1, -0.05) is 32.0 Å². The van der Waals surface area contributed by atoms with Gasteiger partial charge in [0.15, 0.2) is 11.5 Å². The first-order valence-electron chi connectivity index (χ1n) is 12.5. The van der Waals surface area contributed by atoms with Crippen molar-refractivity contribution in [2.24, 2.45) is 5.92 Å². The summed E-state index contributed by atoms with van der Waals surface area (Å²) in [5.74, 6) is 2.82. The molecule has 0 fully saturated rings. The zero-order valence-corrected chi connectivity index (χ0v) is 22.2. The number of nitrogens with zero attached hydrogens (tertiary/aromatic N) is 2. The van der Waals surface area contributed by atoms with E-state index in [-0.39, 0.29) is 37.7 Å². The van der Waals surface area contributed by atoms with E-state index in [1.165, 1.54) is 0 Å². The normalized spacial score (nSPS) is 12.1. The van der Waals surface area contributed by atoms with Gasteiger partial charge in [-0.3, -0.25) is 4.79 Å². The molecule has 8 heteroatoms. The number of amides is 3. The lowest BCUT2D eigenvalue weighted by atomic mass is 10.1. The number of rotatable bonds is 9. The van der Waals surface area contributed by atoms with Crippen molar-refractivity contribution >= 4 is 17.6 Å². The predicted octanol–water partition coefficient (Wildman–Crippen LogP) is 5.65. The first-order valence-corrected chi connectivity index (χ1v) is 12.5. The number of nitrogens with one attached hydrogen (secondary N) is 1. The van der Waals surface area contributed by atoms with Gasteiger partial charge in [0.25, 0.3) is 0 Å². The van der Waals surface area contributed by atoms with Crippen LogP contribution in [-0.4, -0.2) is 41.6 Å². The third-order valence-corrected chi connectivity index (χ3v) is 6.35. The summed E-state index contributed by atoms with van der Waals surface area (Å²) in [5.41, 5.74) is 3.74. The average molecular weight is 506 g/mol. The summed E-state index contributed by atoms with van der Waals surface area (Å²) in [6.07, 6.45) is 0. The number of anilines is 1. The summed E-state index contributed by atoms with van der Waals surface area (Å²) in [7, 11) is 0. The number of ether oxygens (including phenoxy) is 2. The summed E-state index contributed by atoms with van der Waals surface area (Å²) in [4.78, 5) is 30.3. The predicted molar refractivity (Wildman–Crippen MR) is 142 cm³/mol. The lowest BCUT2D eigenvalue weighted by molar-refractivity contribution is -0.133. The molecule has 8 nitrogen and oxygen atoms in total. The van der Waals surface area contributed by atoms with E-state index in [2.05, 4.69) is 5.32 Å². The van der Waals surface area contributed by atoms with Crippen LogP contribution in [0.3, 0.4) is 0 Å². The van der Waals surface area contributed by atoms with Gasteiger partial charge in [-0.2, -0.15) is 0 Å². The van der Waals surface area contributed by atoms with E-state index in [0.29, 0.717) is 30.3 Å². The number of hydrogen-bond acceptors (Lipinski definition) is 5. The van der Waals surface area contributed by atoms with E-state index < -0.39 is 0 Å². The summed E-state index contributed by atoms with van der Waals surface area (Å²) >= 11 is 0. The van der Waals surface area contributed by atoms with Gasteiger partial charge in [0.05, 0.1) is 6.54 Å². The van der Waals surface area contributed by atoms with Gasteiger partial charge in [-0.05, 0) is 73.7 Å². The maximum atomic E-state index is 13.7. The molecule has 0 radical (unpaired) electrons. The number of benzene rings is 2. The van der Waals surface area contributed by atoms with Crippen molar-refractivity contribution in [3.05, 3.63) is 76.7 Å². The van der Waals surface area contributed by atoms with Crippen LogP contribution in [0.4, 0.5) is 10.5 Å². The molecule has 0 spiro atoms. The Balaban J connectivity index is 1.53. The summed E-state index contributed by atoms with van der Waals surface area (Å²) in [5, 5.41) is 3.00. The highest BCUT2D eigenvalue weighted by Gasteiger charge is 2.24. The Morgan fingerprint density at radius 2 is 1.73 bits per heavy atom. The lowest BCUT2D eigenvalue weighted by Gasteiger charge is -2.29. The fraction of sp³-hybridized carbons (Fsp3) is 0.379. The molecule has 1 aromatic heterocycles. The van der Waals surface area contributed by atoms with Crippen LogP contribution in [0, 0.1) is 26.7 Å². The number of urea groups is 1. The Bertz CT molecular complexity index is 1270. The fourth-order valence-electron chi connectivity index (χ4n) is 4.25. The van der Waals surface area contributed by atoms with Crippen LogP contribution < -0.4 is 14.8 Å². The standard InChI is InChI=1S/C29H35N3O5/c1-19(2)14-32(29(34)30-25-8-6-7-20(3)22(25)5)17-28(33)31(16-24-11-9-21(4)37-24)15-23-10-12-26-27(13-23)36-18-35-26/h6-13,19H,14-18H2,1-5H3,(H,30,34). The molecule has 0 atom stereocenters. The lowest BCUT2D eigenvalue weighted by Crippen LogP contribution is -2.45. The largest absolute Gasteiger partial charge is 0.464 e. The van der Waals surface area contributed by atoms with Crippen LogP contribution in [0.2, 0.25) is 0 Å². The minimum absolute atomic E-state index is 0.0564. The van der Waals surface area contributed by atoms with Gasteiger partial charge in [0.2, 0.25) is 12.7 Å². The summed E-state index contributed by atoms with van der Waals surface area (Å²) in [6, 6.07) is 14.9. The van der Waals surface area contributed by atoms with Crippen LogP contribution >= 0.6 is 0 Å². The quantitative estimate of drug-likeness (QED) is 0.406. The zero-order valence-electron chi connectivity index (χ0n) is 22.2. The highest BCUT2D eigenvalue weighted by molar-refractivity contribution is 5.93. The van der Waals surface area contributed by atoms with E-state index in [0.717, 1.165) is 28.1 Å². The Morgan fingerprint density at radius 3 is 2.46 bits per heavy atom. The number of aryl methyl sites for hydroxylation is 2. The van der Waals surface area contributed by atoms with Crippen molar-refractivity contribution < 1.29 is 23.5 Å². The van der Waals surface area contributed by atoms with Crippen LogP contribution in [-0.2, 0) is 17.9 Å². The second-order valence-electron chi connectivity index (χ2n) is 9.90. The number of fused-ring (bicyclic) bond motifs is 1. The van der Waals surface area contributed by atoms with E-state index in [9.17, 15) is 9.59 Å². The summed E-state index contributed by atoms with van der Waals surface area (Å²) in [6.45, 7) is 11.1. The molecule has 0 bridgehead atoms. The van der Waals surface area contributed by atoms with Crippen LogP contribution in [0.15, 0.2) is 52.9 Å². The van der Waals surface area contributed by atoms with Gasteiger partial charge >= 0.3 is 6.03 Å². The Labute approximate surface area is 218 Å². The van der Waals surface area contributed by atoms with Crippen LogP contribution in [0.5, 0.6) is 11.5 Å². The summed E-state index contributed by atoms with van der Waals surface area (Å²) < 4.78 is 16.7. The van der Waals surface area contributed by atoms with Crippen LogP contribution in [0.1, 0.15) is 42.1 Å². The molecule has 2 heterocycles. The molecule has 0 saturated heterocycles. The number of carbonyl (C=O) groups is 2. The molecule has 0 saturated carbocycles. The molecule has 0 unspecified atom stereocenters. The Kier molecular flexibility index (Phi) is 8.06. The van der Waals surface area contributed by atoms with E-state index in [4.69, 9.17) is 13.9 Å². The first-order chi connectivity index (χ1) is 17.7. The van der Waals surface area contributed by atoms with E-state index in [1.54, 1.807) is 9.80 Å². The second kappa shape index (κ2) is 11.4. The minimum Gasteiger partial charge on any atom is -0.464 e. The average Bonchev–Trinajstić information content (AvgIpc) is 3.49. The highest BCUT2D eigenvalue weighted by Crippen LogP contribution is 2.33. The van der Waals surface area contributed by atoms with Crippen molar-refractivity contribution in [1.82, 2.24) is 9.80 Å². The van der Waals surface area contributed by atoms with Crippen molar-refractivity contribution in [2.75, 3.05) is 25.2 Å². The molecule has 3 amide bonds. The van der Waals surface area contributed by atoms with Gasteiger partial charge in [0.1, 0.15) is 18.1 Å². The molecule has 3 aromatic rings. The molecule has 2 aromatic carbocycles. The molecule has 37 heavy (non-hydrogen) atoms. The smallest absolute Gasteiger partial charge is 0.322 e.